The summed E-state index contributed by atoms with van der Waals surface area (Å²) >= 11 is 0. The lowest BCUT2D eigenvalue weighted by Crippen LogP contribution is -2.45. The lowest BCUT2D eigenvalue weighted by molar-refractivity contribution is -0.144. The first-order chi connectivity index (χ1) is 7.68. The average molecular weight is 246 g/mol. The number of carbonyl (C=O) groups excluding carboxylic acids is 2. The monoisotopic (exact) mass is 246 g/mol. The zero-order valence-corrected chi connectivity index (χ0v) is 10.1. The second kappa shape index (κ2) is 6.19. The number of methoxy groups -OCH3 is 1. The van der Waals surface area contributed by atoms with Gasteiger partial charge in [0.05, 0.1) is 18.4 Å². The Morgan fingerprint density at radius 3 is 2.29 bits per heavy atom. The molecule has 0 aromatic rings. The van der Waals surface area contributed by atoms with Gasteiger partial charge in [-0.2, -0.15) is 0 Å². The first kappa shape index (κ1) is 15.4. The van der Waals surface area contributed by atoms with E-state index in [1.807, 2.05) is 0 Å². The molecule has 0 aliphatic rings. The number of carbonyl (C=O) groups is 3. The largest absolute Gasteiger partial charge is 0.480 e. The van der Waals surface area contributed by atoms with Gasteiger partial charge in [0, 0.05) is 7.11 Å². The summed E-state index contributed by atoms with van der Waals surface area (Å²) in [6, 6.07) is -1.30. The summed E-state index contributed by atoms with van der Waals surface area (Å²) in [4.78, 5) is 32.9. The Morgan fingerprint density at radius 2 is 1.94 bits per heavy atom. The maximum absolute atomic E-state index is 11.5. The van der Waals surface area contributed by atoms with E-state index in [1.54, 1.807) is 13.8 Å². The zero-order valence-electron chi connectivity index (χ0n) is 10.1. The van der Waals surface area contributed by atoms with Crippen molar-refractivity contribution in [3.63, 3.8) is 0 Å². The standard InChI is InChI=1S/C10H18N2O5/c1-10(2,17-3)5-8(14)12-6(9(15)16)4-7(11)13/h6H,4-5H2,1-3H3,(H2,11,13)(H,12,14)(H,15,16). The van der Waals surface area contributed by atoms with Crippen LogP contribution in [0.2, 0.25) is 0 Å². The molecule has 0 spiro atoms. The fourth-order valence-corrected chi connectivity index (χ4v) is 1.11. The molecule has 0 aromatic carbocycles. The van der Waals surface area contributed by atoms with Gasteiger partial charge < -0.3 is 20.9 Å². The van der Waals surface area contributed by atoms with Crippen molar-refractivity contribution in [2.75, 3.05) is 7.11 Å². The molecule has 0 radical (unpaired) electrons. The van der Waals surface area contributed by atoms with Gasteiger partial charge in [0.25, 0.3) is 0 Å². The van der Waals surface area contributed by atoms with Gasteiger partial charge in [-0.1, -0.05) is 0 Å². The molecule has 0 bridgehead atoms. The highest BCUT2D eigenvalue weighted by atomic mass is 16.5. The van der Waals surface area contributed by atoms with E-state index >= 15 is 0 Å². The van der Waals surface area contributed by atoms with Gasteiger partial charge in [-0.3, -0.25) is 9.59 Å². The summed E-state index contributed by atoms with van der Waals surface area (Å²) in [5, 5.41) is 11.0. The van der Waals surface area contributed by atoms with Crippen molar-refractivity contribution >= 4 is 17.8 Å². The van der Waals surface area contributed by atoms with Crippen LogP contribution in [0.4, 0.5) is 0 Å². The molecule has 0 saturated carbocycles. The van der Waals surface area contributed by atoms with E-state index < -0.39 is 35.8 Å². The first-order valence-electron chi connectivity index (χ1n) is 5.03. The van der Waals surface area contributed by atoms with E-state index in [-0.39, 0.29) is 6.42 Å². The highest BCUT2D eigenvalue weighted by Gasteiger charge is 2.26. The minimum atomic E-state index is -1.30. The molecule has 0 heterocycles. The number of primary amides is 1. The van der Waals surface area contributed by atoms with Crippen LogP contribution in [0, 0.1) is 0 Å². The summed E-state index contributed by atoms with van der Waals surface area (Å²) in [5.74, 6) is -2.60. The number of carboxylic acids is 1. The SMILES string of the molecule is COC(C)(C)CC(=O)NC(CC(N)=O)C(=O)O. The number of ether oxygens (including phenoxy) is 1. The Morgan fingerprint density at radius 1 is 1.41 bits per heavy atom. The minimum Gasteiger partial charge on any atom is -0.480 e. The van der Waals surface area contributed by atoms with Gasteiger partial charge in [-0.25, -0.2) is 4.79 Å². The lowest BCUT2D eigenvalue weighted by atomic mass is 10.0. The molecule has 1 atom stereocenters. The fraction of sp³-hybridized carbons (Fsp3) is 0.700. The number of aliphatic carboxylic acids is 1. The molecule has 17 heavy (non-hydrogen) atoms. The molecular formula is C10H18N2O5. The second-order valence-electron chi connectivity index (χ2n) is 4.27. The van der Waals surface area contributed by atoms with E-state index in [4.69, 9.17) is 15.6 Å². The molecule has 0 saturated heterocycles. The van der Waals surface area contributed by atoms with E-state index in [0.717, 1.165) is 0 Å². The normalized spacial score (nSPS) is 12.9. The van der Waals surface area contributed by atoms with Crippen LogP contribution in [0.15, 0.2) is 0 Å². The molecule has 1 unspecified atom stereocenters. The van der Waals surface area contributed by atoms with E-state index in [1.165, 1.54) is 7.11 Å². The van der Waals surface area contributed by atoms with Crippen LogP contribution >= 0.6 is 0 Å². The van der Waals surface area contributed by atoms with E-state index in [2.05, 4.69) is 5.32 Å². The molecule has 4 N–H and O–H groups in total. The number of hydrogen-bond acceptors (Lipinski definition) is 4. The fourth-order valence-electron chi connectivity index (χ4n) is 1.11. The molecule has 0 aromatic heterocycles. The van der Waals surface area contributed by atoms with Gasteiger partial charge >= 0.3 is 5.97 Å². The Hall–Kier alpha value is -1.63. The number of nitrogens with two attached hydrogens (primary N) is 1. The third-order valence-electron chi connectivity index (χ3n) is 2.18. The van der Waals surface area contributed by atoms with Crippen molar-refractivity contribution in [2.45, 2.75) is 38.3 Å². The smallest absolute Gasteiger partial charge is 0.326 e. The predicted molar refractivity (Wildman–Crippen MR) is 59.1 cm³/mol. The number of amides is 2. The maximum Gasteiger partial charge on any atom is 0.326 e. The number of carboxylic acid groups (broad SMARTS) is 1. The van der Waals surface area contributed by atoms with Crippen LogP contribution in [-0.4, -0.2) is 41.6 Å². The van der Waals surface area contributed by atoms with Crippen LogP contribution in [0.5, 0.6) is 0 Å². The minimum absolute atomic E-state index is 0.00789. The first-order valence-corrected chi connectivity index (χ1v) is 5.03. The van der Waals surface area contributed by atoms with Crippen LogP contribution in [0.25, 0.3) is 0 Å². The Labute approximate surface area is 99.3 Å². The quantitative estimate of drug-likeness (QED) is 0.546. The molecular weight excluding hydrogens is 228 g/mol. The van der Waals surface area contributed by atoms with E-state index in [9.17, 15) is 14.4 Å². The van der Waals surface area contributed by atoms with Gasteiger partial charge in [0.15, 0.2) is 0 Å². The number of rotatable bonds is 7. The van der Waals surface area contributed by atoms with Crippen molar-refractivity contribution < 1.29 is 24.2 Å². The second-order valence-corrected chi connectivity index (χ2v) is 4.27. The summed E-state index contributed by atoms with van der Waals surface area (Å²) in [6.07, 6.45) is -0.444. The van der Waals surface area contributed by atoms with Crippen LogP contribution < -0.4 is 11.1 Å². The van der Waals surface area contributed by atoms with Crippen molar-refractivity contribution in [1.29, 1.82) is 0 Å². The Bertz CT molecular complexity index is 314. The highest BCUT2D eigenvalue weighted by molar-refractivity contribution is 5.88. The zero-order chi connectivity index (χ0) is 13.6. The molecule has 0 fully saturated rings. The third-order valence-corrected chi connectivity index (χ3v) is 2.18. The van der Waals surface area contributed by atoms with Gasteiger partial charge in [-0.15, -0.1) is 0 Å². The van der Waals surface area contributed by atoms with Crippen molar-refractivity contribution in [2.24, 2.45) is 5.73 Å². The number of hydrogen-bond donors (Lipinski definition) is 3. The molecule has 7 heteroatoms. The average Bonchev–Trinajstić information content (AvgIpc) is 2.15. The van der Waals surface area contributed by atoms with Crippen LogP contribution in [0.1, 0.15) is 26.7 Å². The Kier molecular flexibility index (Phi) is 5.60. The lowest BCUT2D eigenvalue weighted by Gasteiger charge is -2.23. The van der Waals surface area contributed by atoms with Gasteiger partial charge in [0.2, 0.25) is 11.8 Å². The van der Waals surface area contributed by atoms with Gasteiger partial charge in [0.1, 0.15) is 6.04 Å². The third kappa shape index (κ3) is 6.52. The van der Waals surface area contributed by atoms with E-state index in [0.29, 0.717) is 0 Å². The molecule has 7 nitrogen and oxygen atoms in total. The van der Waals surface area contributed by atoms with Crippen molar-refractivity contribution in [3.05, 3.63) is 0 Å². The van der Waals surface area contributed by atoms with Crippen molar-refractivity contribution in [1.82, 2.24) is 5.32 Å². The highest BCUT2D eigenvalue weighted by Crippen LogP contribution is 2.12. The van der Waals surface area contributed by atoms with Crippen LogP contribution in [0.3, 0.4) is 0 Å². The molecule has 98 valence electrons. The maximum atomic E-state index is 11.5. The topological polar surface area (TPSA) is 119 Å². The number of nitrogens with one attached hydrogen (secondary N) is 1. The molecule has 0 aliphatic heterocycles. The Balaban J connectivity index is 4.41. The summed E-state index contributed by atoms with van der Waals surface area (Å²) in [6.45, 7) is 3.38. The molecule has 0 rings (SSSR count). The summed E-state index contributed by atoms with van der Waals surface area (Å²) < 4.78 is 5.03. The molecule has 0 aliphatic carbocycles. The summed E-state index contributed by atoms with van der Waals surface area (Å²) in [7, 11) is 1.45. The predicted octanol–water partition coefficient (Wildman–Crippen LogP) is -0.754. The molecule has 2 amide bonds. The van der Waals surface area contributed by atoms with Gasteiger partial charge in [-0.05, 0) is 13.8 Å². The summed E-state index contributed by atoms with van der Waals surface area (Å²) in [5.41, 5.74) is 4.19. The van der Waals surface area contributed by atoms with Crippen molar-refractivity contribution in [3.8, 4) is 0 Å². The van der Waals surface area contributed by atoms with Crippen LogP contribution in [-0.2, 0) is 19.1 Å².